The van der Waals surface area contributed by atoms with Gasteiger partial charge in [-0.05, 0) is 35.3 Å². The minimum Gasteiger partial charge on any atom is -0.166 e. The zero-order valence-corrected chi connectivity index (χ0v) is 14.1. The molecule has 0 saturated carbocycles. The summed E-state index contributed by atoms with van der Waals surface area (Å²) in [5, 5.41) is -0.0720. The zero-order chi connectivity index (χ0) is 16.9. The van der Waals surface area contributed by atoms with Gasteiger partial charge in [-0.1, -0.05) is 62.4 Å². The minimum absolute atomic E-state index is 0.0720. The predicted molar refractivity (Wildman–Crippen MR) is 91.6 cm³/mol. The first kappa shape index (κ1) is 17.9. The average molecular weight is 338 g/mol. The van der Waals surface area contributed by atoms with Crippen molar-refractivity contribution in [3.8, 4) is 0 Å². The van der Waals surface area contributed by atoms with Crippen LogP contribution in [0.15, 0.2) is 54.6 Å². The van der Waals surface area contributed by atoms with Crippen molar-refractivity contribution in [1.82, 2.24) is 0 Å². The molecule has 0 N–H and O–H groups in total. The first-order valence-electron chi connectivity index (χ1n) is 7.71. The minimum atomic E-state index is -4.31. The second kappa shape index (κ2) is 7.91. The Labute approximate surface area is 140 Å². The Bertz CT molecular complexity index is 606. The molecule has 23 heavy (non-hydrogen) atoms. The van der Waals surface area contributed by atoms with Crippen LogP contribution in [-0.4, -0.2) is 5.75 Å². The van der Waals surface area contributed by atoms with Gasteiger partial charge >= 0.3 is 6.18 Å². The molecule has 0 nitrogen and oxygen atoms in total. The Morgan fingerprint density at radius 1 is 0.913 bits per heavy atom. The molecule has 0 aliphatic rings. The number of hydrogen-bond donors (Lipinski definition) is 0. The van der Waals surface area contributed by atoms with Gasteiger partial charge in [-0.25, -0.2) is 0 Å². The van der Waals surface area contributed by atoms with E-state index in [0.717, 1.165) is 23.8 Å². The number of rotatable bonds is 6. The van der Waals surface area contributed by atoms with Crippen LogP contribution in [0.5, 0.6) is 0 Å². The summed E-state index contributed by atoms with van der Waals surface area (Å²) < 4.78 is 39.0. The largest absolute Gasteiger partial charge is 0.416 e. The fraction of sp³-hybridized carbons (Fsp3) is 0.368. The molecule has 0 aliphatic heterocycles. The third-order valence-corrected chi connectivity index (χ3v) is 4.95. The Hall–Kier alpha value is -1.42. The molecule has 2 aromatic rings. The van der Waals surface area contributed by atoms with Crippen LogP contribution in [0, 0.1) is 5.92 Å². The molecule has 0 bridgehead atoms. The molecule has 0 fully saturated rings. The van der Waals surface area contributed by atoms with Crippen LogP contribution in [0.25, 0.3) is 0 Å². The molecule has 124 valence electrons. The van der Waals surface area contributed by atoms with Gasteiger partial charge in [0, 0.05) is 0 Å². The molecule has 0 saturated heterocycles. The molecule has 0 amide bonds. The first-order valence-corrected chi connectivity index (χ1v) is 8.76. The van der Waals surface area contributed by atoms with E-state index in [9.17, 15) is 13.2 Å². The first-order chi connectivity index (χ1) is 10.9. The van der Waals surface area contributed by atoms with Gasteiger partial charge in [-0.15, -0.1) is 11.8 Å². The summed E-state index contributed by atoms with van der Waals surface area (Å²) in [6, 6.07) is 15.4. The van der Waals surface area contributed by atoms with Gasteiger partial charge in [-0.3, -0.25) is 0 Å². The van der Waals surface area contributed by atoms with E-state index in [1.807, 2.05) is 30.3 Å². The fourth-order valence-corrected chi connectivity index (χ4v) is 3.84. The summed E-state index contributed by atoms with van der Waals surface area (Å²) in [4.78, 5) is 0. The molecule has 0 heterocycles. The van der Waals surface area contributed by atoms with E-state index < -0.39 is 11.7 Å². The van der Waals surface area contributed by atoms with E-state index in [-0.39, 0.29) is 5.25 Å². The maximum atomic E-state index is 13.0. The second-order valence-corrected chi connectivity index (χ2v) is 7.18. The molecule has 0 aliphatic carbocycles. The molecule has 1 atom stereocenters. The van der Waals surface area contributed by atoms with Crippen molar-refractivity contribution in [2.45, 2.75) is 31.7 Å². The lowest BCUT2D eigenvalue weighted by Gasteiger charge is -2.19. The fourth-order valence-electron chi connectivity index (χ4n) is 2.31. The third kappa shape index (κ3) is 5.31. The van der Waals surface area contributed by atoms with Crippen molar-refractivity contribution in [3.05, 3.63) is 71.3 Å². The van der Waals surface area contributed by atoms with Crippen LogP contribution >= 0.6 is 11.8 Å². The second-order valence-electron chi connectivity index (χ2n) is 5.97. The monoisotopic (exact) mass is 338 g/mol. The number of thioether (sulfide) groups is 1. The molecule has 0 radical (unpaired) electrons. The molecule has 1 unspecified atom stereocenters. The van der Waals surface area contributed by atoms with Crippen LogP contribution < -0.4 is 0 Å². The number of hydrogen-bond acceptors (Lipinski definition) is 1. The maximum absolute atomic E-state index is 13.0. The summed E-state index contributed by atoms with van der Waals surface area (Å²) in [6.45, 7) is 4.31. The van der Waals surface area contributed by atoms with Crippen LogP contribution in [0.2, 0.25) is 0 Å². The highest BCUT2D eigenvalue weighted by Gasteiger charge is 2.31. The average Bonchev–Trinajstić information content (AvgIpc) is 2.51. The standard InChI is InChI=1S/C19H21F3S/c1-14(2)11-12-23-18(15-7-4-3-5-8-15)16-9-6-10-17(13-16)19(20,21)22/h3-10,13-14,18H,11-12H2,1-2H3. The molecular weight excluding hydrogens is 317 g/mol. The Kier molecular flexibility index (Phi) is 6.17. The number of benzene rings is 2. The molecule has 4 heteroatoms. The van der Waals surface area contributed by atoms with Gasteiger partial charge < -0.3 is 0 Å². The van der Waals surface area contributed by atoms with Gasteiger partial charge in [0.05, 0.1) is 10.8 Å². The molecular formula is C19H21F3S. The van der Waals surface area contributed by atoms with Crippen LogP contribution in [0.1, 0.15) is 42.2 Å². The highest BCUT2D eigenvalue weighted by atomic mass is 32.2. The van der Waals surface area contributed by atoms with E-state index >= 15 is 0 Å². The van der Waals surface area contributed by atoms with E-state index in [1.54, 1.807) is 17.8 Å². The lowest BCUT2D eigenvalue weighted by molar-refractivity contribution is -0.137. The van der Waals surface area contributed by atoms with Crippen molar-refractivity contribution in [2.75, 3.05) is 5.75 Å². The van der Waals surface area contributed by atoms with Crippen LogP contribution in [-0.2, 0) is 6.18 Å². The van der Waals surface area contributed by atoms with Crippen molar-refractivity contribution in [3.63, 3.8) is 0 Å². The normalized spacial score (nSPS) is 13.3. The van der Waals surface area contributed by atoms with Crippen LogP contribution in [0.4, 0.5) is 13.2 Å². The van der Waals surface area contributed by atoms with Gasteiger partial charge in [0.1, 0.15) is 0 Å². The van der Waals surface area contributed by atoms with E-state index in [1.165, 1.54) is 12.1 Å². The summed E-state index contributed by atoms with van der Waals surface area (Å²) in [7, 11) is 0. The van der Waals surface area contributed by atoms with Gasteiger partial charge in [0.25, 0.3) is 0 Å². The Morgan fingerprint density at radius 3 is 2.17 bits per heavy atom. The highest BCUT2D eigenvalue weighted by Crippen LogP contribution is 2.39. The van der Waals surface area contributed by atoms with Crippen molar-refractivity contribution >= 4 is 11.8 Å². The molecule has 0 aromatic heterocycles. The molecule has 2 rings (SSSR count). The van der Waals surface area contributed by atoms with Crippen LogP contribution in [0.3, 0.4) is 0 Å². The van der Waals surface area contributed by atoms with Gasteiger partial charge in [0.2, 0.25) is 0 Å². The lowest BCUT2D eigenvalue weighted by atomic mass is 10.0. The molecule has 0 spiro atoms. The van der Waals surface area contributed by atoms with Crippen molar-refractivity contribution < 1.29 is 13.2 Å². The summed E-state index contributed by atoms with van der Waals surface area (Å²) in [5.41, 5.74) is 1.17. The van der Waals surface area contributed by atoms with E-state index in [4.69, 9.17) is 0 Å². The lowest BCUT2D eigenvalue weighted by Crippen LogP contribution is -2.07. The number of alkyl halides is 3. The summed E-state index contributed by atoms with van der Waals surface area (Å²) in [5.74, 6) is 1.51. The van der Waals surface area contributed by atoms with Crippen molar-refractivity contribution in [1.29, 1.82) is 0 Å². The third-order valence-electron chi connectivity index (χ3n) is 3.60. The van der Waals surface area contributed by atoms with Crippen molar-refractivity contribution in [2.24, 2.45) is 5.92 Å². The van der Waals surface area contributed by atoms with Gasteiger partial charge in [0.15, 0.2) is 0 Å². The zero-order valence-electron chi connectivity index (χ0n) is 13.3. The predicted octanol–water partition coefficient (Wildman–Crippen LogP) is 6.57. The smallest absolute Gasteiger partial charge is 0.166 e. The topological polar surface area (TPSA) is 0 Å². The van der Waals surface area contributed by atoms with Gasteiger partial charge in [-0.2, -0.15) is 13.2 Å². The SMILES string of the molecule is CC(C)CCSC(c1ccccc1)c1cccc(C(F)(F)F)c1. The summed E-state index contributed by atoms with van der Waals surface area (Å²) >= 11 is 1.71. The summed E-state index contributed by atoms with van der Waals surface area (Å²) in [6.07, 6.45) is -3.26. The Morgan fingerprint density at radius 2 is 1.57 bits per heavy atom. The molecule has 2 aromatic carbocycles. The number of halogens is 3. The highest BCUT2D eigenvalue weighted by molar-refractivity contribution is 7.99. The van der Waals surface area contributed by atoms with E-state index in [2.05, 4.69) is 13.8 Å². The quantitative estimate of drug-likeness (QED) is 0.573. The van der Waals surface area contributed by atoms with E-state index in [0.29, 0.717) is 11.5 Å². The Balaban J connectivity index is 2.30. The maximum Gasteiger partial charge on any atom is 0.416 e.